The van der Waals surface area contributed by atoms with Crippen molar-refractivity contribution in [3.05, 3.63) is 65.7 Å². The van der Waals surface area contributed by atoms with Gasteiger partial charge in [-0.05, 0) is 37.0 Å². The second-order valence-corrected chi connectivity index (χ2v) is 8.00. The number of benzene rings is 2. The van der Waals surface area contributed by atoms with Crippen molar-refractivity contribution in [3.63, 3.8) is 0 Å². The fourth-order valence-corrected chi connectivity index (χ4v) is 3.99. The summed E-state index contributed by atoms with van der Waals surface area (Å²) in [7, 11) is 1.85. The van der Waals surface area contributed by atoms with E-state index in [1.165, 1.54) is 5.56 Å². The van der Waals surface area contributed by atoms with Crippen LogP contribution < -0.4 is 4.74 Å². The first-order chi connectivity index (χ1) is 14.6. The standard InChI is InChI=1S/C25H32N2O3/c1-20(28)27-17-11-4-3-10-16-26(2)25(29)23-14-8-9-15-24(23)30-19-22(27)18-21-12-6-5-7-13-21/h5-9,12-15,22H,3-4,10-11,16-19H2,1-2H3/t22-/m0/s1. The summed E-state index contributed by atoms with van der Waals surface area (Å²) in [6.45, 7) is 3.43. The number of carbonyl (C=O) groups is 2. The molecule has 1 aliphatic heterocycles. The van der Waals surface area contributed by atoms with Gasteiger partial charge in [-0.3, -0.25) is 9.59 Å². The minimum Gasteiger partial charge on any atom is -0.491 e. The van der Waals surface area contributed by atoms with Crippen LogP contribution in [-0.4, -0.2) is 54.4 Å². The Bertz CT molecular complexity index is 837. The Kier molecular flexibility index (Phi) is 7.89. The third kappa shape index (κ3) is 5.85. The fourth-order valence-electron chi connectivity index (χ4n) is 3.99. The molecule has 0 aliphatic carbocycles. The van der Waals surface area contributed by atoms with Crippen molar-refractivity contribution < 1.29 is 14.3 Å². The summed E-state index contributed by atoms with van der Waals surface area (Å²) in [5.41, 5.74) is 1.74. The number of para-hydroxylation sites is 1. The van der Waals surface area contributed by atoms with E-state index in [2.05, 4.69) is 12.1 Å². The quantitative estimate of drug-likeness (QED) is 0.749. The number of nitrogens with zero attached hydrogens (tertiary/aromatic N) is 2. The van der Waals surface area contributed by atoms with E-state index in [0.29, 0.717) is 17.9 Å². The Morgan fingerprint density at radius 2 is 1.63 bits per heavy atom. The summed E-state index contributed by atoms with van der Waals surface area (Å²) in [4.78, 5) is 29.1. The Balaban J connectivity index is 1.88. The zero-order valence-electron chi connectivity index (χ0n) is 18.0. The van der Waals surface area contributed by atoms with Crippen molar-refractivity contribution in [2.24, 2.45) is 0 Å². The number of ether oxygens (including phenoxy) is 1. The molecule has 0 unspecified atom stereocenters. The molecular weight excluding hydrogens is 376 g/mol. The molecular formula is C25H32N2O3. The predicted octanol–water partition coefficient (Wildman–Crippen LogP) is 4.17. The summed E-state index contributed by atoms with van der Waals surface area (Å²) < 4.78 is 6.18. The molecule has 1 heterocycles. The molecule has 0 N–H and O–H groups in total. The van der Waals surface area contributed by atoms with Crippen molar-refractivity contribution in [2.45, 2.75) is 45.1 Å². The first-order valence-corrected chi connectivity index (χ1v) is 10.8. The van der Waals surface area contributed by atoms with Crippen LogP contribution in [0.1, 0.15) is 48.5 Å². The van der Waals surface area contributed by atoms with Crippen LogP contribution in [0.25, 0.3) is 0 Å². The van der Waals surface area contributed by atoms with Crippen LogP contribution in [0.2, 0.25) is 0 Å². The third-order valence-electron chi connectivity index (χ3n) is 5.70. The molecule has 2 amide bonds. The zero-order chi connectivity index (χ0) is 21.3. The van der Waals surface area contributed by atoms with Crippen LogP contribution in [-0.2, 0) is 11.2 Å². The molecule has 30 heavy (non-hydrogen) atoms. The molecule has 0 radical (unpaired) electrons. The van der Waals surface area contributed by atoms with Gasteiger partial charge in [0.25, 0.3) is 5.91 Å². The first kappa shape index (κ1) is 21.9. The molecule has 0 spiro atoms. The lowest BCUT2D eigenvalue weighted by Gasteiger charge is -2.32. The highest BCUT2D eigenvalue weighted by molar-refractivity contribution is 5.96. The summed E-state index contributed by atoms with van der Waals surface area (Å²) in [6, 6.07) is 17.5. The van der Waals surface area contributed by atoms with Crippen LogP contribution in [0.3, 0.4) is 0 Å². The Morgan fingerprint density at radius 1 is 0.967 bits per heavy atom. The highest BCUT2D eigenvalue weighted by atomic mass is 16.5. The summed E-state index contributed by atoms with van der Waals surface area (Å²) in [6.07, 6.45) is 4.72. The maximum Gasteiger partial charge on any atom is 0.257 e. The van der Waals surface area contributed by atoms with E-state index in [4.69, 9.17) is 4.74 Å². The van der Waals surface area contributed by atoms with E-state index in [-0.39, 0.29) is 17.9 Å². The van der Waals surface area contributed by atoms with Crippen LogP contribution in [0.5, 0.6) is 5.75 Å². The number of carbonyl (C=O) groups excluding carboxylic acids is 2. The lowest BCUT2D eigenvalue weighted by Crippen LogP contribution is -2.44. The van der Waals surface area contributed by atoms with Crippen LogP contribution in [0, 0.1) is 0 Å². The Morgan fingerprint density at radius 3 is 2.37 bits per heavy atom. The Hall–Kier alpha value is -2.82. The van der Waals surface area contributed by atoms with Crippen molar-refractivity contribution in [3.8, 4) is 5.75 Å². The van der Waals surface area contributed by atoms with Gasteiger partial charge >= 0.3 is 0 Å². The number of amides is 2. The second-order valence-electron chi connectivity index (χ2n) is 8.00. The number of fused-ring (bicyclic) bond motifs is 1. The van der Waals surface area contributed by atoms with Crippen LogP contribution >= 0.6 is 0 Å². The van der Waals surface area contributed by atoms with Gasteiger partial charge in [-0.1, -0.05) is 55.3 Å². The van der Waals surface area contributed by atoms with Gasteiger partial charge in [-0.2, -0.15) is 0 Å². The van der Waals surface area contributed by atoms with E-state index >= 15 is 0 Å². The van der Waals surface area contributed by atoms with Gasteiger partial charge in [-0.15, -0.1) is 0 Å². The molecule has 160 valence electrons. The molecule has 1 atom stereocenters. The van der Waals surface area contributed by atoms with Gasteiger partial charge in [0.1, 0.15) is 12.4 Å². The van der Waals surface area contributed by atoms with Gasteiger partial charge in [0.05, 0.1) is 11.6 Å². The van der Waals surface area contributed by atoms with Gasteiger partial charge < -0.3 is 14.5 Å². The first-order valence-electron chi connectivity index (χ1n) is 10.8. The number of hydrogen-bond acceptors (Lipinski definition) is 3. The average molecular weight is 409 g/mol. The van der Waals surface area contributed by atoms with Gasteiger partial charge in [0, 0.05) is 27.1 Å². The maximum absolute atomic E-state index is 12.9. The zero-order valence-corrected chi connectivity index (χ0v) is 18.0. The second kappa shape index (κ2) is 10.8. The Labute approximate surface area is 179 Å². The van der Waals surface area contributed by atoms with Crippen molar-refractivity contribution >= 4 is 11.8 Å². The van der Waals surface area contributed by atoms with Crippen molar-refractivity contribution in [1.29, 1.82) is 0 Å². The highest BCUT2D eigenvalue weighted by Crippen LogP contribution is 2.22. The van der Waals surface area contributed by atoms with Crippen molar-refractivity contribution in [2.75, 3.05) is 26.7 Å². The topological polar surface area (TPSA) is 49.9 Å². The molecule has 0 saturated heterocycles. The summed E-state index contributed by atoms with van der Waals surface area (Å²) in [5.74, 6) is 0.620. The molecule has 5 heteroatoms. The molecule has 0 bridgehead atoms. The molecule has 1 aliphatic rings. The maximum atomic E-state index is 12.9. The molecule has 3 rings (SSSR count). The number of hydrogen-bond donors (Lipinski definition) is 0. The number of rotatable bonds is 2. The van der Waals surface area contributed by atoms with E-state index < -0.39 is 0 Å². The molecule has 0 fully saturated rings. The molecule has 5 nitrogen and oxygen atoms in total. The van der Waals surface area contributed by atoms with Crippen LogP contribution in [0.15, 0.2) is 54.6 Å². The van der Waals surface area contributed by atoms with E-state index in [1.807, 2.05) is 54.4 Å². The molecule has 0 aromatic heterocycles. The van der Waals surface area contributed by atoms with Gasteiger partial charge in [0.15, 0.2) is 0 Å². The minimum atomic E-state index is -0.0891. The van der Waals surface area contributed by atoms with E-state index in [0.717, 1.165) is 45.2 Å². The monoisotopic (exact) mass is 408 g/mol. The minimum absolute atomic E-state index is 0.0225. The average Bonchev–Trinajstić information content (AvgIpc) is 2.76. The lowest BCUT2D eigenvalue weighted by atomic mass is 10.0. The van der Waals surface area contributed by atoms with Crippen LogP contribution in [0.4, 0.5) is 0 Å². The largest absolute Gasteiger partial charge is 0.491 e. The summed E-state index contributed by atoms with van der Waals surface area (Å²) >= 11 is 0. The molecule has 0 saturated carbocycles. The summed E-state index contributed by atoms with van der Waals surface area (Å²) in [5, 5.41) is 0. The predicted molar refractivity (Wildman–Crippen MR) is 119 cm³/mol. The fraction of sp³-hybridized carbons (Fsp3) is 0.440. The van der Waals surface area contributed by atoms with Gasteiger partial charge in [0.2, 0.25) is 5.91 Å². The molecule has 2 aromatic rings. The lowest BCUT2D eigenvalue weighted by molar-refractivity contribution is -0.131. The molecule has 2 aromatic carbocycles. The smallest absolute Gasteiger partial charge is 0.257 e. The van der Waals surface area contributed by atoms with E-state index in [1.54, 1.807) is 11.8 Å². The SMILES string of the molecule is CC(=O)N1CCCCCCN(C)C(=O)c2ccccc2OC[C@@H]1Cc1ccccc1. The highest BCUT2D eigenvalue weighted by Gasteiger charge is 2.24. The van der Waals surface area contributed by atoms with Gasteiger partial charge in [-0.25, -0.2) is 0 Å². The normalized spacial score (nSPS) is 18.9. The van der Waals surface area contributed by atoms with Crippen molar-refractivity contribution in [1.82, 2.24) is 9.80 Å². The van der Waals surface area contributed by atoms with E-state index in [9.17, 15) is 9.59 Å². The third-order valence-corrected chi connectivity index (χ3v) is 5.70.